The van der Waals surface area contributed by atoms with E-state index in [1.54, 1.807) is 23.4 Å². The lowest BCUT2D eigenvalue weighted by molar-refractivity contribution is -0.155. The average molecular weight is 449 g/mol. The molecule has 0 bridgehead atoms. The molecular formula is C20H21BrN2O5. The molecule has 7 nitrogen and oxygen atoms in total. The van der Waals surface area contributed by atoms with Crippen LogP contribution in [0.4, 0.5) is 4.79 Å². The number of likely N-dealkylation sites (tertiary alicyclic amines) is 1. The number of aliphatic carboxylic acids is 1. The van der Waals surface area contributed by atoms with Crippen molar-refractivity contribution in [3.05, 3.63) is 64.4 Å². The highest BCUT2D eigenvalue weighted by molar-refractivity contribution is 9.10. The molecule has 1 saturated heterocycles. The summed E-state index contributed by atoms with van der Waals surface area (Å²) in [5.41, 5.74) is 0.729. The Kier molecular flexibility index (Phi) is 6.64. The molecule has 2 aromatic rings. The van der Waals surface area contributed by atoms with Crippen LogP contribution in [0.15, 0.2) is 53.3 Å². The Labute approximate surface area is 171 Å². The van der Waals surface area contributed by atoms with Gasteiger partial charge in [0.2, 0.25) is 0 Å². The maximum atomic E-state index is 12.6. The summed E-state index contributed by atoms with van der Waals surface area (Å²) in [4.78, 5) is 29.4. The number of rotatable bonds is 6. The van der Waals surface area contributed by atoms with Crippen LogP contribution in [0.3, 0.4) is 0 Å². The minimum Gasteiger partial charge on any atom is -0.480 e. The standard InChI is InChI=1S/C20H21BrN2O5/c21-17-11-22-9-7-16(17)20(28-13-18(24)25)8-4-10-23(14-20)19(26)27-12-15-5-2-1-3-6-15/h1-3,5-7,9,11H,4,8,10,12-14H2,(H,24,25). The molecule has 1 fully saturated rings. The van der Waals surface area contributed by atoms with Crippen LogP contribution in [-0.2, 0) is 26.5 Å². The molecule has 0 aliphatic carbocycles. The van der Waals surface area contributed by atoms with E-state index >= 15 is 0 Å². The van der Waals surface area contributed by atoms with E-state index in [1.165, 1.54) is 0 Å². The highest BCUT2D eigenvalue weighted by atomic mass is 79.9. The number of amides is 1. The Morgan fingerprint density at radius 3 is 2.75 bits per heavy atom. The predicted molar refractivity (Wildman–Crippen MR) is 105 cm³/mol. The van der Waals surface area contributed by atoms with E-state index in [2.05, 4.69) is 20.9 Å². The van der Waals surface area contributed by atoms with Crippen LogP contribution in [-0.4, -0.2) is 46.7 Å². The first-order valence-corrected chi connectivity index (χ1v) is 9.71. The van der Waals surface area contributed by atoms with Crippen LogP contribution in [0.5, 0.6) is 0 Å². The lowest BCUT2D eigenvalue weighted by atomic mass is 9.86. The third kappa shape index (κ3) is 4.88. The number of piperidine rings is 1. The second-order valence-electron chi connectivity index (χ2n) is 6.60. The van der Waals surface area contributed by atoms with Gasteiger partial charge in [-0.1, -0.05) is 30.3 Å². The van der Waals surface area contributed by atoms with Crippen molar-refractivity contribution >= 4 is 28.0 Å². The van der Waals surface area contributed by atoms with Gasteiger partial charge in [-0.2, -0.15) is 0 Å². The van der Waals surface area contributed by atoms with Crippen LogP contribution in [0, 0.1) is 0 Å². The number of hydrogen-bond acceptors (Lipinski definition) is 5. The van der Waals surface area contributed by atoms with Gasteiger partial charge in [-0.3, -0.25) is 4.98 Å². The van der Waals surface area contributed by atoms with Gasteiger partial charge in [0.25, 0.3) is 0 Å². The number of pyridine rings is 1. The van der Waals surface area contributed by atoms with Gasteiger partial charge in [0.05, 0.1) is 6.54 Å². The first-order chi connectivity index (χ1) is 13.5. The van der Waals surface area contributed by atoms with Gasteiger partial charge >= 0.3 is 12.1 Å². The summed E-state index contributed by atoms with van der Waals surface area (Å²) in [6.45, 7) is 0.449. The smallest absolute Gasteiger partial charge is 0.410 e. The molecule has 1 amide bonds. The molecule has 1 N–H and O–H groups in total. The summed E-state index contributed by atoms with van der Waals surface area (Å²) in [5, 5.41) is 9.11. The van der Waals surface area contributed by atoms with Crippen molar-refractivity contribution in [2.45, 2.75) is 25.0 Å². The fourth-order valence-corrected chi connectivity index (χ4v) is 3.96. The molecule has 8 heteroatoms. The highest BCUT2D eigenvalue weighted by Gasteiger charge is 2.42. The summed E-state index contributed by atoms with van der Waals surface area (Å²) in [5.74, 6) is -1.06. The normalized spacial score (nSPS) is 19.2. The number of ether oxygens (including phenoxy) is 2. The van der Waals surface area contributed by atoms with E-state index in [1.807, 2.05) is 30.3 Å². The molecule has 1 unspecified atom stereocenters. The molecule has 28 heavy (non-hydrogen) atoms. The largest absolute Gasteiger partial charge is 0.480 e. The summed E-state index contributed by atoms with van der Waals surface area (Å²) < 4.78 is 12.0. The Morgan fingerprint density at radius 2 is 2.04 bits per heavy atom. The van der Waals surface area contributed by atoms with Crippen LogP contribution in [0.1, 0.15) is 24.0 Å². The monoisotopic (exact) mass is 448 g/mol. The Balaban J connectivity index is 1.76. The first-order valence-electron chi connectivity index (χ1n) is 8.91. The van der Waals surface area contributed by atoms with Crippen LogP contribution >= 0.6 is 15.9 Å². The number of benzene rings is 1. The van der Waals surface area contributed by atoms with E-state index in [-0.39, 0.29) is 13.2 Å². The Morgan fingerprint density at radius 1 is 1.25 bits per heavy atom. The molecule has 1 aromatic heterocycles. The van der Waals surface area contributed by atoms with E-state index in [0.717, 1.165) is 11.1 Å². The van der Waals surface area contributed by atoms with E-state index in [4.69, 9.17) is 14.6 Å². The zero-order chi connectivity index (χ0) is 20.0. The third-order valence-electron chi connectivity index (χ3n) is 4.65. The molecule has 1 aliphatic heterocycles. The van der Waals surface area contributed by atoms with Crippen LogP contribution in [0.25, 0.3) is 0 Å². The molecule has 1 atom stereocenters. The molecule has 3 rings (SSSR count). The summed E-state index contributed by atoms with van der Waals surface area (Å²) in [6, 6.07) is 11.2. The van der Waals surface area contributed by atoms with Gasteiger partial charge in [0.1, 0.15) is 18.8 Å². The zero-order valence-electron chi connectivity index (χ0n) is 15.2. The van der Waals surface area contributed by atoms with Crippen molar-refractivity contribution in [1.82, 2.24) is 9.88 Å². The molecule has 1 aromatic carbocycles. The summed E-state index contributed by atoms with van der Waals surface area (Å²) in [7, 11) is 0. The van der Waals surface area contributed by atoms with Crippen molar-refractivity contribution in [3.63, 3.8) is 0 Å². The zero-order valence-corrected chi connectivity index (χ0v) is 16.8. The number of nitrogens with zero attached hydrogens (tertiary/aromatic N) is 2. The third-order valence-corrected chi connectivity index (χ3v) is 5.29. The number of carboxylic acids is 1. The second-order valence-corrected chi connectivity index (χ2v) is 7.45. The lowest BCUT2D eigenvalue weighted by Crippen LogP contribution is -2.50. The SMILES string of the molecule is O=C(O)COC1(c2ccncc2Br)CCCN(C(=O)OCc2ccccc2)C1. The number of halogens is 1. The van der Waals surface area contributed by atoms with E-state index in [0.29, 0.717) is 23.9 Å². The molecule has 148 valence electrons. The van der Waals surface area contributed by atoms with Gasteiger partial charge in [0.15, 0.2) is 0 Å². The topological polar surface area (TPSA) is 89.0 Å². The number of aromatic nitrogens is 1. The fraction of sp³-hybridized carbons (Fsp3) is 0.350. The Bertz CT molecular complexity index is 832. The Hall–Kier alpha value is -2.45. The first kappa shape index (κ1) is 20.3. The van der Waals surface area contributed by atoms with Gasteiger partial charge in [-0.05, 0) is 40.4 Å². The fourth-order valence-electron chi connectivity index (χ4n) is 3.35. The van der Waals surface area contributed by atoms with Crippen LogP contribution in [0.2, 0.25) is 0 Å². The molecule has 1 aliphatic rings. The molecule has 0 radical (unpaired) electrons. The quantitative estimate of drug-likeness (QED) is 0.726. The second kappa shape index (κ2) is 9.16. The van der Waals surface area contributed by atoms with E-state index in [9.17, 15) is 9.59 Å². The minimum atomic E-state index is -1.06. The van der Waals surface area contributed by atoms with Crippen molar-refractivity contribution in [1.29, 1.82) is 0 Å². The van der Waals surface area contributed by atoms with Crippen LogP contribution < -0.4 is 0 Å². The predicted octanol–water partition coefficient (Wildman–Crippen LogP) is 3.57. The lowest BCUT2D eigenvalue weighted by Gasteiger charge is -2.42. The number of carbonyl (C=O) groups is 2. The van der Waals surface area contributed by atoms with Crippen molar-refractivity contribution in [2.75, 3.05) is 19.7 Å². The number of hydrogen-bond donors (Lipinski definition) is 1. The number of carbonyl (C=O) groups excluding carboxylic acids is 1. The summed E-state index contributed by atoms with van der Waals surface area (Å²) in [6.07, 6.45) is 4.06. The molecule has 2 heterocycles. The van der Waals surface area contributed by atoms with E-state index < -0.39 is 24.3 Å². The summed E-state index contributed by atoms with van der Waals surface area (Å²) >= 11 is 3.47. The average Bonchev–Trinajstić information content (AvgIpc) is 2.72. The molecule has 0 spiro atoms. The van der Waals surface area contributed by atoms with Gasteiger partial charge in [0, 0.05) is 29.0 Å². The number of carboxylic acid groups (broad SMARTS) is 1. The van der Waals surface area contributed by atoms with Crippen molar-refractivity contribution < 1.29 is 24.2 Å². The maximum Gasteiger partial charge on any atom is 0.410 e. The molecular weight excluding hydrogens is 428 g/mol. The molecule has 0 saturated carbocycles. The maximum absolute atomic E-state index is 12.6. The highest BCUT2D eigenvalue weighted by Crippen LogP contribution is 2.39. The van der Waals surface area contributed by atoms with Gasteiger partial charge in [-0.15, -0.1) is 0 Å². The van der Waals surface area contributed by atoms with Gasteiger partial charge in [-0.25, -0.2) is 9.59 Å². The minimum absolute atomic E-state index is 0.179. The van der Waals surface area contributed by atoms with Crippen molar-refractivity contribution in [3.8, 4) is 0 Å². The van der Waals surface area contributed by atoms with Crippen molar-refractivity contribution in [2.24, 2.45) is 0 Å². The van der Waals surface area contributed by atoms with Gasteiger partial charge < -0.3 is 19.5 Å².